The SMILES string of the molecule is O=C([O-])c1ccc(S(=O)c2ccc(C(=O)[O-])cc2)cc1.[Ca+2]. The van der Waals surface area contributed by atoms with E-state index in [0.717, 1.165) is 0 Å². The van der Waals surface area contributed by atoms with Gasteiger partial charge in [-0.25, -0.2) is 4.21 Å². The van der Waals surface area contributed by atoms with Gasteiger partial charge in [-0.15, -0.1) is 0 Å². The Hall–Kier alpha value is -1.21. The van der Waals surface area contributed by atoms with Gasteiger partial charge in [0.25, 0.3) is 0 Å². The van der Waals surface area contributed by atoms with E-state index < -0.39 is 22.7 Å². The summed E-state index contributed by atoms with van der Waals surface area (Å²) in [6, 6.07) is 10.9. The van der Waals surface area contributed by atoms with Gasteiger partial charge in [0.2, 0.25) is 0 Å². The van der Waals surface area contributed by atoms with Crippen LogP contribution in [0.25, 0.3) is 0 Å². The molecule has 0 saturated carbocycles. The maximum absolute atomic E-state index is 12.2. The maximum atomic E-state index is 12.2. The van der Waals surface area contributed by atoms with Crippen LogP contribution in [0, 0.1) is 0 Å². The first-order valence-electron chi connectivity index (χ1n) is 5.53. The molecule has 0 N–H and O–H groups in total. The van der Waals surface area contributed by atoms with E-state index in [1.807, 2.05) is 0 Å². The molecule has 21 heavy (non-hydrogen) atoms. The Labute approximate surface area is 153 Å². The van der Waals surface area contributed by atoms with Gasteiger partial charge in [-0.2, -0.15) is 0 Å². The van der Waals surface area contributed by atoms with Gasteiger partial charge in [0.15, 0.2) is 0 Å². The molecule has 0 amide bonds. The van der Waals surface area contributed by atoms with Crippen molar-refractivity contribution in [3.8, 4) is 0 Å². The maximum Gasteiger partial charge on any atom is 2.00 e. The van der Waals surface area contributed by atoms with Crippen LogP contribution in [-0.4, -0.2) is 53.9 Å². The fraction of sp³-hybridized carbons (Fsp3) is 0. The van der Waals surface area contributed by atoms with Gasteiger partial charge in [-0.3, -0.25) is 0 Å². The third-order valence-corrected chi connectivity index (χ3v) is 4.01. The third-order valence-electron chi connectivity index (χ3n) is 2.61. The van der Waals surface area contributed by atoms with E-state index >= 15 is 0 Å². The van der Waals surface area contributed by atoms with Crippen LogP contribution in [0.1, 0.15) is 20.7 Å². The van der Waals surface area contributed by atoms with Gasteiger partial charge in [0.1, 0.15) is 0 Å². The Morgan fingerprint density at radius 2 is 1.00 bits per heavy atom. The number of carboxylic acids is 2. The van der Waals surface area contributed by atoms with Gasteiger partial charge in [-0.1, -0.05) is 24.3 Å². The van der Waals surface area contributed by atoms with Crippen LogP contribution in [0.3, 0.4) is 0 Å². The molecule has 0 saturated heterocycles. The van der Waals surface area contributed by atoms with Gasteiger partial charge in [-0.05, 0) is 35.4 Å². The quantitative estimate of drug-likeness (QED) is 0.685. The average molecular weight is 328 g/mol. The van der Waals surface area contributed by atoms with Crippen LogP contribution >= 0.6 is 0 Å². The van der Waals surface area contributed by atoms with E-state index in [9.17, 15) is 24.0 Å². The second kappa shape index (κ2) is 7.70. The first-order chi connectivity index (χ1) is 9.49. The summed E-state index contributed by atoms with van der Waals surface area (Å²) >= 11 is 0. The fourth-order valence-electron chi connectivity index (χ4n) is 1.57. The number of rotatable bonds is 4. The molecule has 2 aromatic carbocycles. The van der Waals surface area contributed by atoms with Crippen molar-refractivity contribution in [3.63, 3.8) is 0 Å². The third kappa shape index (κ3) is 4.38. The largest absolute Gasteiger partial charge is 2.00 e. The van der Waals surface area contributed by atoms with E-state index in [1.165, 1.54) is 48.5 Å². The van der Waals surface area contributed by atoms with Crippen LogP contribution in [0.5, 0.6) is 0 Å². The van der Waals surface area contributed by atoms with Crippen LogP contribution in [0.2, 0.25) is 0 Å². The number of carbonyl (C=O) groups excluding carboxylic acids is 2. The molecule has 0 bridgehead atoms. The number of hydrogen-bond acceptors (Lipinski definition) is 5. The molecule has 2 rings (SSSR count). The number of hydrogen-bond donors (Lipinski definition) is 0. The summed E-state index contributed by atoms with van der Waals surface area (Å²) in [4.78, 5) is 22.0. The minimum absolute atomic E-state index is 0. The smallest absolute Gasteiger partial charge is 0.545 e. The molecule has 0 atom stereocenters. The summed E-state index contributed by atoms with van der Waals surface area (Å²) in [6.07, 6.45) is 0. The molecule has 5 nitrogen and oxygen atoms in total. The molecule has 2 aromatic rings. The topological polar surface area (TPSA) is 97.3 Å². The molecular formula is C14H8CaO5S. The summed E-state index contributed by atoms with van der Waals surface area (Å²) in [5, 5.41) is 21.2. The normalized spacial score (nSPS) is 9.95. The van der Waals surface area contributed by atoms with Crippen LogP contribution in [0.15, 0.2) is 58.3 Å². The van der Waals surface area contributed by atoms with Crippen molar-refractivity contribution in [3.05, 3.63) is 59.7 Å². The standard InChI is InChI=1S/C14H10O5S.Ca/c15-13(16)9-1-5-11(6-2-9)20(19)12-7-3-10(4-8-12)14(17)18;/h1-8H,(H,15,16)(H,17,18);/q;+2/p-2. The van der Waals surface area contributed by atoms with Crippen molar-refractivity contribution in [2.45, 2.75) is 9.79 Å². The van der Waals surface area contributed by atoms with Gasteiger partial charge in [0, 0.05) is 9.79 Å². The minimum Gasteiger partial charge on any atom is -0.545 e. The second-order valence-corrected chi connectivity index (χ2v) is 5.37. The molecular weight excluding hydrogens is 320 g/mol. The van der Waals surface area contributed by atoms with Crippen molar-refractivity contribution in [2.24, 2.45) is 0 Å². The molecule has 0 fully saturated rings. The van der Waals surface area contributed by atoms with Gasteiger partial charge in [0.05, 0.1) is 22.7 Å². The zero-order valence-corrected chi connectivity index (χ0v) is 13.8. The monoisotopic (exact) mass is 328 g/mol. The van der Waals surface area contributed by atoms with Crippen LogP contribution < -0.4 is 10.2 Å². The molecule has 0 spiro atoms. The predicted octanol–water partition coefficient (Wildman–Crippen LogP) is -0.801. The number of carboxylic acid groups (broad SMARTS) is 2. The van der Waals surface area contributed by atoms with E-state index in [1.54, 1.807) is 0 Å². The summed E-state index contributed by atoms with van der Waals surface area (Å²) in [5.41, 5.74) is -0.00361. The van der Waals surface area contributed by atoms with Crippen LogP contribution in [-0.2, 0) is 10.8 Å². The average Bonchev–Trinajstić information content (AvgIpc) is 2.46. The molecule has 7 heteroatoms. The first-order valence-corrected chi connectivity index (χ1v) is 6.68. The zero-order valence-electron chi connectivity index (χ0n) is 10.8. The summed E-state index contributed by atoms with van der Waals surface area (Å²) in [5.74, 6) is -2.61. The van der Waals surface area contributed by atoms with Gasteiger partial charge >= 0.3 is 37.7 Å². The zero-order chi connectivity index (χ0) is 14.7. The van der Waals surface area contributed by atoms with Crippen molar-refractivity contribution in [2.75, 3.05) is 0 Å². The molecule has 0 aliphatic carbocycles. The van der Waals surface area contributed by atoms with E-state index in [0.29, 0.717) is 9.79 Å². The van der Waals surface area contributed by atoms with Crippen molar-refractivity contribution < 1.29 is 24.0 Å². The Balaban J connectivity index is 0.00000220. The summed E-state index contributed by atoms with van der Waals surface area (Å²) < 4.78 is 12.2. The molecule has 0 unspecified atom stereocenters. The molecule has 0 aromatic heterocycles. The van der Waals surface area contributed by atoms with Crippen molar-refractivity contribution >= 4 is 60.5 Å². The second-order valence-electron chi connectivity index (χ2n) is 3.89. The van der Waals surface area contributed by atoms with E-state index in [4.69, 9.17) is 0 Å². The molecule has 0 aliphatic rings. The van der Waals surface area contributed by atoms with Crippen molar-refractivity contribution in [1.29, 1.82) is 0 Å². The minimum atomic E-state index is -1.52. The van der Waals surface area contributed by atoms with E-state index in [2.05, 4.69) is 0 Å². The number of benzene rings is 2. The Bertz CT molecular complexity index is 620. The summed E-state index contributed by atoms with van der Waals surface area (Å²) in [6.45, 7) is 0. The molecule has 0 heterocycles. The first kappa shape index (κ1) is 17.8. The molecule has 0 aliphatic heterocycles. The van der Waals surface area contributed by atoms with Gasteiger partial charge < -0.3 is 19.8 Å². The number of aromatic carboxylic acids is 2. The molecule has 0 radical (unpaired) electrons. The summed E-state index contributed by atoms with van der Waals surface area (Å²) in [7, 11) is -1.52. The Morgan fingerprint density at radius 3 is 1.24 bits per heavy atom. The number of carbonyl (C=O) groups is 2. The van der Waals surface area contributed by atoms with E-state index in [-0.39, 0.29) is 48.9 Å². The van der Waals surface area contributed by atoms with Crippen molar-refractivity contribution in [1.82, 2.24) is 0 Å². The Morgan fingerprint density at radius 1 is 0.714 bits per heavy atom. The Kier molecular flexibility index (Phi) is 6.54. The predicted molar refractivity (Wildman–Crippen MR) is 72.0 cm³/mol. The molecule has 102 valence electrons. The fourth-order valence-corrected chi connectivity index (χ4v) is 2.60. The van der Waals surface area contributed by atoms with Crippen LogP contribution in [0.4, 0.5) is 0 Å².